The first kappa shape index (κ1) is 10.7. The molecule has 0 nitrogen and oxygen atoms in total. The van der Waals surface area contributed by atoms with E-state index >= 15 is 0 Å². The third kappa shape index (κ3) is 3.91. The second-order valence-electron chi connectivity index (χ2n) is 3.26. The van der Waals surface area contributed by atoms with Crippen molar-refractivity contribution in [2.75, 3.05) is 18.5 Å². The van der Waals surface area contributed by atoms with Crippen LogP contribution >= 0.6 is 7.92 Å². The molecule has 1 heteroatoms. The van der Waals surface area contributed by atoms with Crippen LogP contribution in [-0.2, 0) is 6.42 Å². The van der Waals surface area contributed by atoms with Crippen LogP contribution in [-0.4, -0.2) is 18.5 Å². The van der Waals surface area contributed by atoms with Crippen LogP contribution in [0.25, 0.3) is 0 Å². The molecule has 72 valence electrons. The van der Waals surface area contributed by atoms with Crippen LogP contribution in [0.1, 0.15) is 19.4 Å². The topological polar surface area (TPSA) is 0 Å². The maximum atomic E-state index is 2.32. The summed E-state index contributed by atoms with van der Waals surface area (Å²) in [6.45, 7) is 4.64. The van der Waals surface area contributed by atoms with E-state index in [1.807, 2.05) is 0 Å². The zero-order valence-electron chi connectivity index (χ0n) is 8.66. The molecule has 0 aliphatic carbocycles. The number of hydrogen-bond donors (Lipinski definition) is 0. The summed E-state index contributed by atoms with van der Waals surface area (Å²) in [4.78, 5) is 0. The fourth-order valence-electron chi connectivity index (χ4n) is 1.47. The number of benzene rings is 1. The predicted octanol–water partition coefficient (Wildman–Crippen LogP) is 3.75. The summed E-state index contributed by atoms with van der Waals surface area (Å²) in [7, 11) is 0.320. The Morgan fingerprint density at radius 3 is 2.15 bits per heavy atom. The summed E-state index contributed by atoms with van der Waals surface area (Å²) in [5.74, 6) is 0. The molecule has 0 heterocycles. The van der Waals surface area contributed by atoms with Gasteiger partial charge in [-0.2, -0.15) is 0 Å². The van der Waals surface area contributed by atoms with Gasteiger partial charge in [0.2, 0.25) is 0 Å². The van der Waals surface area contributed by atoms with E-state index in [1.165, 1.54) is 30.5 Å². The van der Waals surface area contributed by atoms with E-state index in [0.717, 1.165) is 0 Å². The van der Waals surface area contributed by atoms with Gasteiger partial charge in [0.25, 0.3) is 0 Å². The van der Waals surface area contributed by atoms with Crippen molar-refractivity contribution < 1.29 is 0 Å². The van der Waals surface area contributed by atoms with Gasteiger partial charge in [-0.25, -0.2) is 0 Å². The fourth-order valence-corrected chi connectivity index (χ4v) is 3.13. The van der Waals surface area contributed by atoms with Gasteiger partial charge in [0.1, 0.15) is 0 Å². The molecule has 0 saturated heterocycles. The van der Waals surface area contributed by atoms with Gasteiger partial charge in [-0.15, -0.1) is 7.92 Å². The Balaban J connectivity index is 2.34. The largest absolute Gasteiger partial charge is 0.107 e. The van der Waals surface area contributed by atoms with E-state index in [2.05, 4.69) is 44.2 Å². The van der Waals surface area contributed by atoms with Crippen LogP contribution in [0.4, 0.5) is 0 Å². The lowest BCUT2D eigenvalue weighted by Crippen LogP contribution is -1.94. The number of hydrogen-bond acceptors (Lipinski definition) is 0. The first-order chi connectivity index (χ1) is 6.36. The van der Waals surface area contributed by atoms with E-state index in [9.17, 15) is 0 Å². The molecule has 0 saturated carbocycles. The summed E-state index contributed by atoms with van der Waals surface area (Å²) in [6, 6.07) is 10.8. The molecule has 1 rings (SSSR count). The van der Waals surface area contributed by atoms with Crippen molar-refractivity contribution >= 4 is 7.92 Å². The minimum Gasteiger partial charge on any atom is -0.107 e. The van der Waals surface area contributed by atoms with Crippen LogP contribution in [0, 0.1) is 0 Å². The molecule has 1 aromatic carbocycles. The third-order valence-electron chi connectivity index (χ3n) is 2.45. The van der Waals surface area contributed by atoms with Gasteiger partial charge >= 0.3 is 0 Å². The molecule has 0 amide bonds. The summed E-state index contributed by atoms with van der Waals surface area (Å²) >= 11 is 0. The van der Waals surface area contributed by atoms with E-state index in [4.69, 9.17) is 0 Å². The Morgan fingerprint density at radius 2 is 1.62 bits per heavy atom. The number of aryl methyl sites for hydroxylation is 1. The van der Waals surface area contributed by atoms with E-state index in [1.54, 1.807) is 0 Å². The van der Waals surface area contributed by atoms with Gasteiger partial charge in [0.05, 0.1) is 0 Å². The van der Waals surface area contributed by atoms with Gasteiger partial charge in [-0.05, 0) is 30.5 Å². The monoisotopic (exact) mass is 194 g/mol. The van der Waals surface area contributed by atoms with Gasteiger partial charge in [-0.3, -0.25) is 0 Å². The fraction of sp³-hybridized carbons (Fsp3) is 0.500. The molecule has 0 aliphatic heterocycles. The minimum absolute atomic E-state index is 0.320. The molecule has 0 fully saturated rings. The highest BCUT2D eigenvalue weighted by molar-refractivity contribution is 7.57. The van der Waals surface area contributed by atoms with Gasteiger partial charge in [0.15, 0.2) is 0 Å². The average Bonchev–Trinajstić information content (AvgIpc) is 2.21. The van der Waals surface area contributed by atoms with Gasteiger partial charge < -0.3 is 0 Å². The molecular weight excluding hydrogens is 175 g/mol. The van der Waals surface area contributed by atoms with Crippen LogP contribution in [0.3, 0.4) is 0 Å². The Labute approximate surface area is 83.1 Å². The van der Waals surface area contributed by atoms with Crippen LogP contribution in [0.2, 0.25) is 0 Å². The minimum atomic E-state index is 0.320. The van der Waals surface area contributed by atoms with Crippen LogP contribution in [0.5, 0.6) is 0 Å². The molecule has 0 aliphatic rings. The van der Waals surface area contributed by atoms with Crippen molar-refractivity contribution in [3.63, 3.8) is 0 Å². The lowest BCUT2D eigenvalue weighted by atomic mass is 10.2. The number of rotatable bonds is 5. The second kappa shape index (κ2) is 6.16. The van der Waals surface area contributed by atoms with E-state index < -0.39 is 0 Å². The van der Waals surface area contributed by atoms with Crippen molar-refractivity contribution in [2.45, 2.75) is 20.3 Å². The molecule has 0 bridgehead atoms. The van der Waals surface area contributed by atoms with Crippen molar-refractivity contribution in [1.29, 1.82) is 0 Å². The molecule has 0 atom stereocenters. The zero-order valence-corrected chi connectivity index (χ0v) is 9.56. The van der Waals surface area contributed by atoms with E-state index in [0.29, 0.717) is 7.92 Å². The van der Waals surface area contributed by atoms with Crippen molar-refractivity contribution in [2.24, 2.45) is 0 Å². The SMILES string of the molecule is CCP(CC)CCc1ccccc1. The molecule has 1 aromatic rings. The highest BCUT2D eigenvalue weighted by Gasteiger charge is 2.01. The molecule has 0 N–H and O–H groups in total. The summed E-state index contributed by atoms with van der Waals surface area (Å²) in [5.41, 5.74) is 1.50. The standard InChI is InChI=1S/C12H19P/c1-3-13(4-2)11-10-12-8-6-5-7-9-12/h5-9H,3-4,10-11H2,1-2H3. The maximum Gasteiger partial charge on any atom is -0.0239 e. The first-order valence-corrected chi connectivity index (χ1v) is 7.02. The van der Waals surface area contributed by atoms with Gasteiger partial charge in [0, 0.05) is 0 Å². The van der Waals surface area contributed by atoms with Crippen LogP contribution < -0.4 is 0 Å². The first-order valence-electron chi connectivity index (χ1n) is 5.13. The maximum absolute atomic E-state index is 2.32. The lowest BCUT2D eigenvalue weighted by molar-refractivity contribution is 1.13. The molecule has 0 unspecified atom stereocenters. The Kier molecular flexibility index (Phi) is 5.08. The average molecular weight is 194 g/mol. The van der Waals surface area contributed by atoms with Gasteiger partial charge in [-0.1, -0.05) is 44.2 Å². The highest BCUT2D eigenvalue weighted by atomic mass is 31.1. The summed E-state index contributed by atoms with van der Waals surface area (Å²) in [5, 5.41) is 0. The lowest BCUT2D eigenvalue weighted by Gasteiger charge is -2.12. The molecule has 13 heavy (non-hydrogen) atoms. The van der Waals surface area contributed by atoms with Crippen molar-refractivity contribution in [1.82, 2.24) is 0 Å². The van der Waals surface area contributed by atoms with Crippen molar-refractivity contribution in [3.8, 4) is 0 Å². The molecular formula is C12H19P. The van der Waals surface area contributed by atoms with Crippen molar-refractivity contribution in [3.05, 3.63) is 35.9 Å². The summed E-state index contributed by atoms with van der Waals surface area (Å²) in [6.07, 6.45) is 5.46. The summed E-state index contributed by atoms with van der Waals surface area (Å²) < 4.78 is 0. The Hall–Kier alpha value is -0.350. The second-order valence-corrected chi connectivity index (χ2v) is 6.32. The third-order valence-corrected chi connectivity index (χ3v) is 5.10. The Morgan fingerprint density at radius 1 is 1.00 bits per heavy atom. The smallest absolute Gasteiger partial charge is 0.0239 e. The zero-order chi connectivity index (χ0) is 9.52. The van der Waals surface area contributed by atoms with Crippen LogP contribution in [0.15, 0.2) is 30.3 Å². The molecule has 0 spiro atoms. The van der Waals surface area contributed by atoms with E-state index in [-0.39, 0.29) is 0 Å². The quantitative estimate of drug-likeness (QED) is 0.626. The molecule has 0 aromatic heterocycles. The normalized spacial score (nSPS) is 10.7. The predicted molar refractivity (Wildman–Crippen MR) is 63.0 cm³/mol. The Bertz CT molecular complexity index is 214. The highest BCUT2D eigenvalue weighted by Crippen LogP contribution is 2.34. The molecule has 0 radical (unpaired) electrons.